The van der Waals surface area contributed by atoms with Crippen LogP contribution in [0.1, 0.15) is 37.9 Å². The highest BCUT2D eigenvalue weighted by molar-refractivity contribution is 6.09. The third-order valence-electron chi connectivity index (χ3n) is 5.56. The molecular formula is C23H18N6O6. The summed E-state index contributed by atoms with van der Waals surface area (Å²) >= 11 is 0. The van der Waals surface area contributed by atoms with Crippen LogP contribution in [0.3, 0.4) is 0 Å². The van der Waals surface area contributed by atoms with Crippen LogP contribution >= 0.6 is 0 Å². The number of aromatic nitrogens is 4. The fourth-order valence-corrected chi connectivity index (χ4v) is 4.05. The Morgan fingerprint density at radius 2 is 1.66 bits per heavy atom. The number of aryl methyl sites for hydroxylation is 1. The van der Waals surface area contributed by atoms with Gasteiger partial charge in [-0.3, -0.25) is 14.8 Å². The molecule has 0 spiro atoms. The van der Waals surface area contributed by atoms with Crippen molar-refractivity contribution in [1.29, 1.82) is 0 Å². The Kier molecular flexibility index (Phi) is 5.45. The molecule has 1 aliphatic rings. The van der Waals surface area contributed by atoms with Crippen molar-refractivity contribution in [2.45, 2.75) is 5.92 Å². The van der Waals surface area contributed by atoms with Gasteiger partial charge in [-0.1, -0.05) is 48.5 Å². The number of nitrogens with one attached hydrogen (secondary N) is 2. The molecule has 0 saturated carbocycles. The molecule has 0 unspecified atom stereocenters. The van der Waals surface area contributed by atoms with Crippen LogP contribution in [0, 0.1) is 0 Å². The number of fused-ring (bicyclic) bond motifs is 3. The summed E-state index contributed by atoms with van der Waals surface area (Å²) in [5.41, 5.74) is 3.69. The van der Waals surface area contributed by atoms with Gasteiger partial charge in [-0.2, -0.15) is 5.10 Å². The van der Waals surface area contributed by atoms with E-state index in [1.165, 1.54) is 17.9 Å². The number of rotatable bonds is 6. The Balaban J connectivity index is 1.27. The summed E-state index contributed by atoms with van der Waals surface area (Å²) in [6.45, 7) is 0.0581. The van der Waals surface area contributed by atoms with Crippen LogP contribution in [0.2, 0.25) is 0 Å². The first kappa shape index (κ1) is 21.8. The number of nitrogens with zero attached hydrogens (tertiary/aromatic N) is 4. The maximum Gasteiger partial charge on any atom is 0.412 e. The Bertz CT molecular complexity index is 1410. The quantitative estimate of drug-likeness (QED) is 0.381. The summed E-state index contributed by atoms with van der Waals surface area (Å²) in [6.07, 6.45) is 0.371. The SMILES string of the molecule is Cn1cc(C(=O)O)c(NC(=O)c2nonc2NC(=O)OCC2c3ccccc3-c3ccccc32)n1. The average molecular weight is 474 g/mol. The number of aromatic carboxylic acids is 1. The summed E-state index contributed by atoms with van der Waals surface area (Å²) < 4.78 is 11.3. The van der Waals surface area contributed by atoms with Crippen LogP contribution in [-0.4, -0.2) is 49.8 Å². The highest BCUT2D eigenvalue weighted by atomic mass is 16.6. The van der Waals surface area contributed by atoms with Crippen molar-refractivity contribution in [2.75, 3.05) is 17.2 Å². The van der Waals surface area contributed by atoms with Crippen molar-refractivity contribution in [3.8, 4) is 11.1 Å². The van der Waals surface area contributed by atoms with Gasteiger partial charge in [0.2, 0.25) is 11.5 Å². The molecule has 2 aromatic carbocycles. The van der Waals surface area contributed by atoms with Gasteiger partial charge < -0.3 is 15.2 Å². The molecule has 0 fully saturated rings. The molecule has 3 N–H and O–H groups in total. The highest BCUT2D eigenvalue weighted by Gasteiger charge is 2.30. The van der Waals surface area contributed by atoms with E-state index in [0.29, 0.717) is 0 Å². The van der Waals surface area contributed by atoms with Crippen molar-refractivity contribution in [3.05, 3.63) is 77.1 Å². The number of anilines is 2. The molecule has 2 heterocycles. The van der Waals surface area contributed by atoms with E-state index < -0.39 is 18.0 Å². The van der Waals surface area contributed by atoms with Gasteiger partial charge in [0, 0.05) is 19.2 Å². The van der Waals surface area contributed by atoms with Crippen molar-refractivity contribution in [2.24, 2.45) is 7.05 Å². The van der Waals surface area contributed by atoms with E-state index in [1.807, 2.05) is 48.5 Å². The van der Waals surface area contributed by atoms with E-state index in [0.717, 1.165) is 22.3 Å². The van der Waals surface area contributed by atoms with Gasteiger partial charge in [0.15, 0.2) is 5.82 Å². The molecule has 12 nitrogen and oxygen atoms in total. The zero-order valence-corrected chi connectivity index (χ0v) is 18.3. The normalized spacial score (nSPS) is 12.0. The van der Waals surface area contributed by atoms with Crippen molar-refractivity contribution >= 4 is 29.6 Å². The predicted molar refractivity (Wildman–Crippen MR) is 121 cm³/mol. The molecule has 2 amide bonds. The lowest BCUT2D eigenvalue weighted by Gasteiger charge is -2.14. The lowest BCUT2D eigenvalue weighted by molar-refractivity contribution is 0.0697. The van der Waals surface area contributed by atoms with Crippen LogP contribution < -0.4 is 10.6 Å². The average Bonchev–Trinajstić information content (AvgIpc) is 3.53. The Morgan fingerprint density at radius 3 is 2.31 bits per heavy atom. The van der Waals surface area contributed by atoms with Gasteiger partial charge in [-0.15, -0.1) is 0 Å². The van der Waals surface area contributed by atoms with Crippen LogP contribution in [0.15, 0.2) is 59.4 Å². The maximum absolute atomic E-state index is 12.6. The van der Waals surface area contributed by atoms with E-state index in [1.54, 1.807) is 0 Å². The topological polar surface area (TPSA) is 161 Å². The van der Waals surface area contributed by atoms with Crippen LogP contribution in [0.25, 0.3) is 11.1 Å². The summed E-state index contributed by atoms with van der Waals surface area (Å²) in [5, 5.41) is 24.8. The molecule has 0 saturated heterocycles. The molecule has 4 aromatic rings. The fourth-order valence-electron chi connectivity index (χ4n) is 4.05. The number of hydrogen-bond donors (Lipinski definition) is 3. The lowest BCUT2D eigenvalue weighted by Crippen LogP contribution is -2.21. The predicted octanol–water partition coefficient (Wildman–Crippen LogP) is 3.11. The van der Waals surface area contributed by atoms with Gasteiger partial charge in [0.05, 0.1) is 0 Å². The van der Waals surface area contributed by atoms with Crippen LogP contribution in [-0.2, 0) is 11.8 Å². The number of carbonyl (C=O) groups is 3. The lowest BCUT2D eigenvalue weighted by atomic mass is 9.98. The molecular weight excluding hydrogens is 456 g/mol. The Hall–Kier alpha value is -5.00. The molecule has 0 radical (unpaired) electrons. The first-order valence-electron chi connectivity index (χ1n) is 10.4. The van der Waals surface area contributed by atoms with E-state index >= 15 is 0 Å². The van der Waals surface area contributed by atoms with Crippen LogP contribution in [0.5, 0.6) is 0 Å². The minimum Gasteiger partial charge on any atom is -0.477 e. The number of carboxylic acid groups (broad SMARTS) is 1. The maximum atomic E-state index is 12.6. The minimum absolute atomic E-state index is 0.0581. The second kappa shape index (κ2) is 8.74. The molecule has 0 bridgehead atoms. The van der Waals surface area contributed by atoms with Crippen molar-refractivity contribution in [1.82, 2.24) is 20.1 Å². The smallest absolute Gasteiger partial charge is 0.412 e. The molecule has 176 valence electrons. The third kappa shape index (κ3) is 4.08. The van der Waals surface area contributed by atoms with Crippen LogP contribution in [0.4, 0.5) is 16.4 Å². The number of amides is 2. The summed E-state index contributed by atoms with van der Waals surface area (Å²) in [4.78, 5) is 36.4. The largest absolute Gasteiger partial charge is 0.477 e. The zero-order chi connectivity index (χ0) is 24.5. The van der Waals surface area contributed by atoms with E-state index in [4.69, 9.17) is 4.74 Å². The third-order valence-corrected chi connectivity index (χ3v) is 5.56. The number of carbonyl (C=O) groups excluding carboxylic acids is 2. The highest BCUT2D eigenvalue weighted by Crippen LogP contribution is 2.44. The first-order valence-corrected chi connectivity index (χ1v) is 10.4. The fraction of sp³-hybridized carbons (Fsp3) is 0.130. The second-order valence-corrected chi connectivity index (χ2v) is 7.74. The molecule has 35 heavy (non-hydrogen) atoms. The Morgan fingerprint density at radius 1 is 1.00 bits per heavy atom. The second-order valence-electron chi connectivity index (χ2n) is 7.74. The Labute approximate surface area is 197 Å². The van der Waals surface area contributed by atoms with Crippen molar-refractivity contribution < 1.29 is 28.9 Å². The van der Waals surface area contributed by atoms with Gasteiger partial charge in [0.1, 0.15) is 12.2 Å². The molecule has 12 heteroatoms. The molecule has 0 aliphatic heterocycles. The number of benzene rings is 2. The molecule has 0 atom stereocenters. The first-order chi connectivity index (χ1) is 16.9. The minimum atomic E-state index is -1.27. The van der Waals surface area contributed by atoms with Gasteiger partial charge in [-0.25, -0.2) is 14.2 Å². The van der Waals surface area contributed by atoms with E-state index in [-0.39, 0.29) is 35.4 Å². The van der Waals surface area contributed by atoms with Crippen molar-refractivity contribution in [3.63, 3.8) is 0 Å². The van der Waals surface area contributed by atoms with E-state index in [2.05, 4.69) is 30.7 Å². The number of ether oxygens (including phenoxy) is 1. The van der Waals surface area contributed by atoms with Gasteiger partial charge in [0.25, 0.3) is 5.91 Å². The number of hydrogen-bond acceptors (Lipinski definition) is 8. The summed E-state index contributed by atoms with van der Waals surface area (Å²) in [6, 6.07) is 15.8. The van der Waals surface area contributed by atoms with E-state index in [9.17, 15) is 19.5 Å². The van der Waals surface area contributed by atoms with Gasteiger partial charge >= 0.3 is 12.1 Å². The van der Waals surface area contributed by atoms with Gasteiger partial charge in [-0.05, 0) is 32.6 Å². The molecule has 1 aliphatic carbocycles. The standard InChI is InChI=1S/C23H18N6O6/c1-29-10-16(22(31)32)19(26-29)24-21(30)18-20(28-35-27-18)25-23(33)34-11-17-14-8-4-2-6-12(14)13-7-3-5-9-15(13)17/h2-10,17H,11H2,1H3,(H,31,32)(H,24,26,30)(H,25,28,33). The molecule has 2 aromatic heterocycles. The molecule has 5 rings (SSSR count). The monoisotopic (exact) mass is 474 g/mol. The summed E-state index contributed by atoms with van der Waals surface area (Å²) in [7, 11) is 1.50. The zero-order valence-electron chi connectivity index (χ0n) is 18.3. The summed E-state index contributed by atoms with van der Waals surface area (Å²) in [5.74, 6) is -2.78. The number of carboxylic acids is 1.